The van der Waals surface area contributed by atoms with E-state index >= 15 is 0 Å². The number of hydrogen-bond acceptors (Lipinski definition) is 7. The molecule has 1 atom stereocenters. The number of hydrogen-bond donors (Lipinski definition) is 1. The Labute approximate surface area is 159 Å². The van der Waals surface area contributed by atoms with E-state index in [9.17, 15) is 4.79 Å². The van der Waals surface area contributed by atoms with E-state index in [2.05, 4.69) is 25.7 Å². The first-order valence-corrected chi connectivity index (χ1v) is 9.43. The molecule has 0 spiro atoms. The Hall–Kier alpha value is -2.94. The number of fused-ring (bicyclic) bond motifs is 3. The first-order valence-electron chi connectivity index (χ1n) is 8.55. The summed E-state index contributed by atoms with van der Waals surface area (Å²) in [5, 5.41) is 16.2. The number of para-hydroxylation sites is 1. The summed E-state index contributed by atoms with van der Waals surface area (Å²) in [4.78, 5) is 17.2. The fourth-order valence-corrected chi connectivity index (χ4v) is 3.74. The average molecular weight is 382 g/mol. The van der Waals surface area contributed by atoms with Crippen molar-refractivity contribution < 1.29 is 9.32 Å². The lowest BCUT2D eigenvalue weighted by Crippen LogP contribution is -2.25. The maximum atomic E-state index is 12.5. The van der Waals surface area contributed by atoms with Gasteiger partial charge in [-0.25, -0.2) is 4.98 Å². The maximum absolute atomic E-state index is 12.5. The first-order chi connectivity index (χ1) is 13.1. The Morgan fingerprint density at radius 3 is 2.89 bits per heavy atom. The van der Waals surface area contributed by atoms with Crippen molar-refractivity contribution in [3.63, 3.8) is 0 Å². The van der Waals surface area contributed by atoms with E-state index in [1.807, 2.05) is 42.8 Å². The molecular weight excluding hydrogens is 364 g/mol. The molecule has 0 saturated carbocycles. The van der Waals surface area contributed by atoms with Crippen molar-refractivity contribution in [1.82, 2.24) is 24.9 Å². The van der Waals surface area contributed by atoms with E-state index in [0.29, 0.717) is 23.2 Å². The lowest BCUT2D eigenvalue weighted by atomic mass is 10.2. The van der Waals surface area contributed by atoms with Gasteiger partial charge in [-0.2, -0.15) is 0 Å². The minimum atomic E-state index is -0.365. The van der Waals surface area contributed by atoms with E-state index in [-0.39, 0.29) is 11.2 Å². The summed E-state index contributed by atoms with van der Waals surface area (Å²) in [7, 11) is 1.95. The largest absolute Gasteiger partial charge is 0.360 e. The Kier molecular flexibility index (Phi) is 4.53. The fourth-order valence-electron chi connectivity index (χ4n) is 2.92. The number of nitrogens with zero attached hydrogens (tertiary/aromatic N) is 5. The van der Waals surface area contributed by atoms with Crippen molar-refractivity contribution in [3.8, 4) is 0 Å². The average Bonchev–Trinajstić information content (AvgIpc) is 3.21. The quantitative estimate of drug-likeness (QED) is 0.529. The molecule has 3 aromatic heterocycles. The highest BCUT2D eigenvalue weighted by molar-refractivity contribution is 8.00. The van der Waals surface area contributed by atoms with Gasteiger partial charge in [-0.15, -0.1) is 10.2 Å². The third kappa shape index (κ3) is 3.25. The Bertz CT molecular complexity index is 1140. The van der Waals surface area contributed by atoms with Crippen LogP contribution in [0.5, 0.6) is 0 Å². The molecule has 1 aromatic carbocycles. The predicted octanol–water partition coefficient (Wildman–Crippen LogP) is 3.32. The van der Waals surface area contributed by atoms with Gasteiger partial charge in [0.05, 0.1) is 10.8 Å². The molecule has 1 N–H and O–H groups in total. The molecule has 0 bridgehead atoms. The molecule has 4 aromatic rings. The lowest BCUT2D eigenvalue weighted by molar-refractivity contribution is -0.115. The number of rotatable bonds is 5. The van der Waals surface area contributed by atoms with Crippen molar-refractivity contribution in [2.24, 2.45) is 7.05 Å². The van der Waals surface area contributed by atoms with Crippen molar-refractivity contribution in [2.45, 2.75) is 30.7 Å². The van der Waals surface area contributed by atoms with Crippen molar-refractivity contribution in [1.29, 1.82) is 0 Å². The number of aryl methyl sites for hydroxylation is 2. The summed E-state index contributed by atoms with van der Waals surface area (Å²) in [6.45, 7) is 3.71. The maximum Gasteiger partial charge on any atom is 0.239 e. The molecular formula is C18H18N6O2S. The topological polar surface area (TPSA) is 98.7 Å². The van der Waals surface area contributed by atoms with Crippen LogP contribution in [0.2, 0.25) is 0 Å². The predicted molar refractivity (Wildman–Crippen MR) is 104 cm³/mol. The molecule has 3 heterocycles. The summed E-state index contributed by atoms with van der Waals surface area (Å²) < 4.78 is 6.97. The van der Waals surface area contributed by atoms with Crippen LogP contribution in [0.3, 0.4) is 0 Å². The standard InChI is InChI=1S/C18H18N6O2S/c1-4-13(17(25)19-14-9-10(2)26-23-14)27-18-20-16-15(21-22-18)11-7-5-6-8-12(11)24(16)3/h5-9,13H,4H2,1-3H3,(H,19,23,25)/t13-/m1/s1. The van der Waals surface area contributed by atoms with E-state index in [0.717, 1.165) is 22.1 Å². The van der Waals surface area contributed by atoms with Crippen LogP contribution in [0.4, 0.5) is 5.82 Å². The van der Waals surface area contributed by atoms with Crippen molar-refractivity contribution >= 4 is 45.6 Å². The molecule has 27 heavy (non-hydrogen) atoms. The van der Waals surface area contributed by atoms with Gasteiger partial charge in [-0.1, -0.05) is 42.0 Å². The molecule has 9 heteroatoms. The smallest absolute Gasteiger partial charge is 0.239 e. The number of amides is 1. The number of carbonyl (C=O) groups is 1. The second-order valence-corrected chi connectivity index (χ2v) is 7.34. The zero-order valence-electron chi connectivity index (χ0n) is 15.1. The summed E-state index contributed by atoms with van der Waals surface area (Å²) >= 11 is 1.29. The highest BCUT2D eigenvalue weighted by Gasteiger charge is 2.22. The highest BCUT2D eigenvalue weighted by atomic mass is 32.2. The Morgan fingerprint density at radius 1 is 1.33 bits per heavy atom. The van der Waals surface area contributed by atoms with Gasteiger partial charge in [0, 0.05) is 18.5 Å². The van der Waals surface area contributed by atoms with Gasteiger partial charge in [0.2, 0.25) is 11.1 Å². The van der Waals surface area contributed by atoms with Gasteiger partial charge in [0.1, 0.15) is 11.3 Å². The van der Waals surface area contributed by atoms with E-state index in [4.69, 9.17) is 4.52 Å². The normalized spacial score (nSPS) is 12.6. The minimum Gasteiger partial charge on any atom is -0.360 e. The van der Waals surface area contributed by atoms with Crippen LogP contribution in [0, 0.1) is 6.92 Å². The third-order valence-electron chi connectivity index (χ3n) is 4.28. The summed E-state index contributed by atoms with van der Waals surface area (Å²) in [6, 6.07) is 9.65. The molecule has 4 rings (SSSR count). The Morgan fingerprint density at radius 2 is 2.15 bits per heavy atom. The summed E-state index contributed by atoms with van der Waals surface area (Å²) in [6.07, 6.45) is 0.615. The zero-order valence-corrected chi connectivity index (χ0v) is 15.9. The van der Waals surface area contributed by atoms with Crippen molar-refractivity contribution in [3.05, 3.63) is 36.1 Å². The van der Waals surface area contributed by atoms with Crippen LogP contribution < -0.4 is 5.32 Å². The zero-order chi connectivity index (χ0) is 19.0. The van der Waals surface area contributed by atoms with Gasteiger partial charge >= 0.3 is 0 Å². The summed E-state index contributed by atoms with van der Waals surface area (Å²) in [5.74, 6) is 0.871. The van der Waals surface area contributed by atoms with Gasteiger partial charge in [-0.05, 0) is 19.4 Å². The fraction of sp³-hybridized carbons (Fsp3) is 0.278. The first kappa shape index (κ1) is 17.5. The number of nitrogens with one attached hydrogen (secondary N) is 1. The summed E-state index contributed by atoms with van der Waals surface area (Å²) in [5.41, 5.74) is 2.55. The van der Waals surface area contributed by atoms with Gasteiger partial charge in [-0.3, -0.25) is 4.79 Å². The van der Waals surface area contributed by atoms with Crippen LogP contribution in [-0.2, 0) is 11.8 Å². The molecule has 0 radical (unpaired) electrons. The Balaban J connectivity index is 1.60. The van der Waals surface area contributed by atoms with Crippen LogP contribution >= 0.6 is 11.8 Å². The van der Waals surface area contributed by atoms with E-state index < -0.39 is 0 Å². The minimum absolute atomic E-state index is 0.170. The van der Waals surface area contributed by atoms with Gasteiger partial charge in [0.25, 0.3) is 0 Å². The molecule has 0 fully saturated rings. The van der Waals surface area contributed by atoms with Crippen LogP contribution in [-0.4, -0.2) is 36.1 Å². The number of aromatic nitrogens is 5. The molecule has 0 unspecified atom stereocenters. The van der Waals surface area contributed by atoms with Crippen molar-refractivity contribution in [2.75, 3.05) is 5.32 Å². The SMILES string of the molecule is CC[C@@H](Sc1nnc2c3ccccc3n(C)c2n1)C(=O)Nc1cc(C)on1. The molecule has 0 aliphatic heterocycles. The van der Waals surface area contributed by atoms with Crippen LogP contribution in [0.15, 0.2) is 40.0 Å². The number of carbonyl (C=O) groups excluding carboxylic acids is 1. The number of thioether (sulfide) groups is 1. The van der Waals surface area contributed by atoms with Crippen LogP contribution in [0.25, 0.3) is 22.1 Å². The lowest BCUT2D eigenvalue weighted by Gasteiger charge is -2.12. The van der Waals surface area contributed by atoms with E-state index in [1.165, 1.54) is 11.8 Å². The number of benzene rings is 1. The van der Waals surface area contributed by atoms with Crippen LogP contribution in [0.1, 0.15) is 19.1 Å². The molecule has 0 saturated heterocycles. The second kappa shape index (κ2) is 6.99. The highest BCUT2D eigenvalue weighted by Crippen LogP contribution is 2.28. The van der Waals surface area contributed by atoms with Gasteiger partial charge in [0.15, 0.2) is 11.5 Å². The second-order valence-electron chi connectivity index (χ2n) is 6.17. The van der Waals surface area contributed by atoms with E-state index in [1.54, 1.807) is 13.0 Å². The molecule has 138 valence electrons. The van der Waals surface area contributed by atoms with Gasteiger partial charge < -0.3 is 14.4 Å². The molecule has 0 aliphatic carbocycles. The molecule has 8 nitrogen and oxygen atoms in total. The number of anilines is 1. The molecule has 1 amide bonds. The molecule has 0 aliphatic rings. The monoisotopic (exact) mass is 382 g/mol. The third-order valence-corrected chi connectivity index (χ3v) is 5.49.